The Balaban J connectivity index is 2.88. The minimum atomic E-state index is -0.555. The number of ether oxygens (including phenoxy) is 1. The maximum Gasteiger partial charge on any atom is 0.314 e. The molecule has 17 heavy (non-hydrogen) atoms. The smallest absolute Gasteiger partial charge is 0.314 e. The Kier molecular flexibility index (Phi) is 4.55. The molecular weight excluding hydrogens is 216 g/mol. The summed E-state index contributed by atoms with van der Waals surface area (Å²) in [4.78, 5) is 12.4. The molecule has 1 saturated carbocycles. The summed E-state index contributed by atoms with van der Waals surface area (Å²) in [6.07, 6.45) is 3.95. The molecule has 4 nitrogen and oxygen atoms in total. The van der Waals surface area contributed by atoms with E-state index in [4.69, 9.17) is 16.2 Å². The van der Waals surface area contributed by atoms with E-state index in [1.165, 1.54) is 0 Å². The van der Waals surface area contributed by atoms with Gasteiger partial charge < -0.3 is 16.2 Å². The fourth-order valence-corrected chi connectivity index (χ4v) is 2.66. The summed E-state index contributed by atoms with van der Waals surface area (Å²) in [6.45, 7) is 6.50. The standard InChI is InChI=1S/C13H26N2O2/c1-12(2,3)17-11(16)13(9-15)7-5-4-6-10(13)8-14/h10H,4-9,14-15H2,1-3H3. The molecule has 4 heteroatoms. The van der Waals surface area contributed by atoms with Gasteiger partial charge in [-0.25, -0.2) is 0 Å². The summed E-state index contributed by atoms with van der Waals surface area (Å²) in [5, 5.41) is 0. The van der Waals surface area contributed by atoms with Crippen LogP contribution in [-0.4, -0.2) is 24.7 Å². The normalized spacial score (nSPS) is 30.1. The topological polar surface area (TPSA) is 78.3 Å². The average Bonchev–Trinajstić information content (AvgIpc) is 2.26. The van der Waals surface area contributed by atoms with Crippen LogP contribution in [0.5, 0.6) is 0 Å². The lowest BCUT2D eigenvalue weighted by Gasteiger charge is -2.42. The van der Waals surface area contributed by atoms with E-state index in [0.29, 0.717) is 13.1 Å². The first kappa shape index (κ1) is 14.5. The molecule has 1 aliphatic rings. The van der Waals surface area contributed by atoms with Crippen LogP contribution in [0.2, 0.25) is 0 Å². The van der Waals surface area contributed by atoms with Gasteiger partial charge in [-0.3, -0.25) is 4.79 Å². The van der Waals surface area contributed by atoms with E-state index < -0.39 is 11.0 Å². The van der Waals surface area contributed by atoms with Gasteiger partial charge in [0.2, 0.25) is 0 Å². The van der Waals surface area contributed by atoms with Crippen molar-refractivity contribution in [2.45, 2.75) is 52.1 Å². The molecule has 0 radical (unpaired) electrons. The van der Waals surface area contributed by atoms with Crippen molar-refractivity contribution < 1.29 is 9.53 Å². The zero-order valence-electron chi connectivity index (χ0n) is 11.3. The summed E-state index contributed by atoms with van der Waals surface area (Å²) in [6, 6.07) is 0. The van der Waals surface area contributed by atoms with Crippen molar-refractivity contribution in [3.8, 4) is 0 Å². The average molecular weight is 242 g/mol. The lowest BCUT2D eigenvalue weighted by atomic mass is 9.66. The summed E-state index contributed by atoms with van der Waals surface area (Å²) in [5.41, 5.74) is 10.6. The zero-order chi connectivity index (χ0) is 13.1. The molecule has 0 aliphatic heterocycles. The van der Waals surface area contributed by atoms with Gasteiger partial charge in [-0.1, -0.05) is 12.8 Å². The van der Waals surface area contributed by atoms with Crippen LogP contribution in [-0.2, 0) is 9.53 Å². The molecule has 0 spiro atoms. The number of hydrogen-bond acceptors (Lipinski definition) is 4. The highest BCUT2D eigenvalue weighted by molar-refractivity contribution is 5.78. The van der Waals surface area contributed by atoms with Gasteiger partial charge in [0, 0.05) is 6.54 Å². The predicted molar refractivity (Wildman–Crippen MR) is 68.3 cm³/mol. The first-order valence-electron chi connectivity index (χ1n) is 6.49. The zero-order valence-corrected chi connectivity index (χ0v) is 11.3. The van der Waals surface area contributed by atoms with Crippen molar-refractivity contribution in [1.29, 1.82) is 0 Å². The number of hydrogen-bond donors (Lipinski definition) is 2. The lowest BCUT2D eigenvalue weighted by molar-refractivity contribution is -0.173. The van der Waals surface area contributed by atoms with Gasteiger partial charge in [0.1, 0.15) is 5.60 Å². The van der Waals surface area contributed by atoms with Crippen LogP contribution in [0.25, 0.3) is 0 Å². The van der Waals surface area contributed by atoms with E-state index in [9.17, 15) is 4.79 Å². The van der Waals surface area contributed by atoms with E-state index in [1.54, 1.807) is 0 Å². The van der Waals surface area contributed by atoms with E-state index >= 15 is 0 Å². The third-order valence-electron chi connectivity index (χ3n) is 3.66. The summed E-state index contributed by atoms with van der Waals surface area (Å²) < 4.78 is 5.53. The van der Waals surface area contributed by atoms with Crippen LogP contribution < -0.4 is 11.5 Å². The van der Waals surface area contributed by atoms with Gasteiger partial charge >= 0.3 is 5.97 Å². The molecule has 0 aromatic rings. The number of carbonyl (C=O) groups excluding carboxylic acids is 1. The fourth-order valence-electron chi connectivity index (χ4n) is 2.66. The highest BCUT2D eigenvalue weighted by atomic mass is 16.6. The van der Waals surface area contributed by atoms with Crippen LogP contribution in [0.4, 0.5) is 0 Å². The Hall–Kier alpha value is -0.610. The van der Waals surface area contributed by atoms with Gasteiger partial charge in [-0.15, -0.1) is 0 Å². The third kappa shape index (κ3) is 3.19. The van der Waals surface area contributed by atoms with Crippen molar-refractivity contribution >= 4 is 5.97 Å². The Morgan fingerprint density at radius 2 is 2.00 bits per heavy atom. The largest absolute Gasteiger partial charge is 0.459 e. The van der Waals surface area contributed by atoms with Crippen molar-refractivity contribution in [2.24, 2.45) is 22.8 Å². The molecular formula is C13H26N2O2. The second-order valence-corrected chi connectivity index (χ2v) is 6.04. The van der Waals surface area contributed by atoms with Crippen LogP contribution in [0.3, 0.4) is 0 Å². The third-order valence-corrected chi connectivity index (χ3v) is 3.66. The summed E-state index contributed by atoms with van der Waals surface area (Å²) >= 11 is 0. The summed E-state index contributed by atoms with van der Waals surface area (Å²) in [5.74, 6) is -0.00116. The molecule has 4 N–H and O–H groups in total. The summed E-state index contributed by atoms with van der Waals surface area (Å²) in [7, 11) is 0. The van der Waals surface area contributed by atoms with Crippen LogP contribution >= 0.6 is 0 Å². The van der Waals surface area contributed by atoms with Gasteiger partial charge in [-0.05, 0) is 46.1 Å². The molecule has 2 unspecified atom stereocenters. The van der Waals surface area contributed by atoms with Gasteiger partial charge in [0.25, 0.3) is 0 Å². The monoisotopic (exact) mass is 242 g/mol. The van der Waals surface area contributed by atoms with E-state index in [-0.39, 0.29) is 11.9 Å². The second kappa shape index (κ2) is 5.36. The molecule has 100 valence electrons. The highest BCUT2D eigenvalue weighted by Crippen LogP contribution is 2.41. The Morgan fingerprint density at radius 3 is 2.47 bits per heavy atom. The van der Waals surface area contributed by atoms with Crippen molar-refractivity contribution in [2.75, 3.05) is 13.1 Å². The Bertz CT molecular complexity index is 273. The Labute approximate surface area is 104 Å². The molecule has 1 rings (SSSR count). The maximum absolute atomic E-state index is 12.4. The molecule has 1 fully saturated rings. The minimum Gasteiger partial charge on any atom is -0.459 e. The maximum atomic E-state index is 12.4. The number of nitrogens with two attached hydrogens (primary N) is 2. The highest BCUT2D eigenvalue weighted by Gasteiger charge is 2.47. The Morgan fingerprint density at radius 1 is 1.35 bits per heavy atom. The van der Waals surface area contributed by atoms with Crippen LogP contribution in [0.15, 0.2) is 0 Å². The SMILES string of the molecule is CC(C)(C)OC(=O)C1(CN)CCCCC1CN. The van der Waals surface area contributed by atoms with Crippen molar-refractivity contribution in [3.63, 3.8) is 0 Å². The molecule has 0 bridgehead atoms. The molecule has 0 aromatic heterocycles. The van der Waals surface area contributed by atoms with Crippen molar-refractivity contribution in [1.82, 2.24) is 0 Å². The number of esters is 1. The quantitative estimate of drug-likeness (QED) is 0.734. The molecule has 0 saturated heterocycles. The molecule has 0 amide bonds. The number of carbonyl (C=O) groups is 1. The lowest BCUT2D eigenvalue weighted by Crippen LogP contribution is -2.51. The fraction of sp³-hybridized carbons (Fsp3) is 0.923. The first-order chi connectivity index (χ1) is 7.85. The van der Waals surface area contributed by atoms with Gasteiger partial charge in [0.15, 0.2) is 0 Å². The van der Waals surface area contributed by atoms with Crippen LogP contribution in [0, 0.1) is 11.3 Å². The first-order valence-corrected chi connectivity index (χ1v) is 6.49. The second-order valence-electron chi connectivity index (χ2n) is 6.04. The molecule has 0 heterocycles. The predicted octanol–water partition coefficient (Wildman–Crippen LogP) is 1.42. The molecule has 2 atom stereocenters. The minimum absolute atomic E-state index is 0.163. The van der Waals surface area contributed by atoms with E-state index in [2.05, 4.69) is 0 Å². The van der Waals surface area contributed by atoms with Gasteiger partial charge in [0.05, 0.1) is 5.41 Å². The molecule has 0 aromatic carbocycles. The van der Waals surface area contributed by atoms with E-state index in [1.807, 2.05) is 20.8 Å². The van der Waals surface area contributed by atoms with Crippen LogP contribution in [0.1, 0.15) is 46.5 Å². The van der Waals surface area contributed by atoms with E-state index in [0.717, 1.165) is 25.7 Å². The molecule has 1 aliphatic carbocycles. The van der Waals surface area contributed by atoms with Crippen molar-refractivity contribution in [3.05, 3.63) is 0 Å². The number of rotatable bonds is 3. The van der Waals surface area contributed by atoms with Gasteiger partial charge in [-0.2, -0.15) is 0 Å².